The number of fused-ring (bicyclic) bond motifs is 1. The molecule has 0 bridgehead atoms. The Morgan fingerprint density at radius 1 is 1.47 bits per heavy atom. The minimum Gasteiger partial charge on any atom is -0.403 e. The number of nitriles is 1. The van der Waals surface area contributed by atoms with Gasteiger partial charge in [-0.1, -0.05) is 11.6 Å². The van der Waals surface area contributed by atoms with Crippen LogP contribution in [0.2, 0.25) is 5.02 Å². The molecule has 11 heteroatoms. The number of anilines is 2. The third-order valence-corrected chi connectivity index (χ3v) is 5.59. The lowest BCUT2D eigenvalue weighted by Crippen LogP contribution is -2.30. The maximum atomic E-state index is 11.9. The molecular formula is C19H25ClN8O2. The monoisotopic (exact) mass is 432 g/mol. The van der Waals surface area contributed by atoms with Gasteiger partial charge < -0.3 is 26.4 Å². The van der Waals surface area contributed by atoms with Crippen molar-refractivity contribution in [2.45, 2.75) is 25.3 Å². The van der Waals surface area contributed by atoms with E-state index in [4.69, 9.17) is 27.7 Å². The lowest BCUT2D eigenvalue weighted by Gasteiger charge is -2.20. The molecule has 2 aliphatic rings. The molecule has 10 nitrogen and oxygen atoms in total. The number of nitrogens with one attached hydrogen (secondary N) is 2. The summed E-state index contributed by atoms with van der Waals surface area (Å²) in [5.41, 5.74) is 6.08. The van der Waals surface area contributed by atoms with Gasteiger partial charge in [0.25, 0.3) is 0 Å². The topological polar surface area (TPSA) is 153 Å². The Labute approximate surface area is 179 Å². The fraction of sp³-hybridized carbons (Fsp3) is 0.526. The van der Waals surface area contributed by atoms with Gasteiger partial charge in [0.15, 0.2) is 5.82 Å². The van der Waals surface area contributed by atoms with Crippen LogP contribution in [-0.4, -0.2) is 64.4 Å². The molecule has 1 amide bonds. The normalized spacial score (nSPS) is 23.4. The molecule has 1 aromatic heterocycles. The van der Waals surface area contributed by atoms with Crippen LogP contribution in [0.3, 0.4) is 0 Å². The number of aliphatic hydroxyl groups is 1. The first-order chi connectivity index (χ1) is 14.5. The quantitative estimate of drug-likeness (QED) is 0.443. The molecule has 160 valence electrons. The van der Waals surface area contributed by atoms with Crippen LogP contribution in [0.1, 0.15) is 19.3 Å². The number of halogens is 1. The molecule has 2 heterocycles. The predicted octanol–water partition coefficient (Wildman–Crippen LogP) is 0.968. The van der Waals surface area contributed by atoms with Gasteiger partial charge in [0.1, 0.15) is 11.4 Å². The Bertz CT molecular complexity index is 855. The summed E-state index contributed by atoms with van der Waals surface area (Å²) in [6.45, 7) is 1.63. The number of nitrogens with zero attached hydrogens (tertiary/aromatic N) is 5. The molecule has 2 unspecified atom stereocenters. The van der Waals surface area contributed by atoms with E-state index in [1.54, 1.807) is 4.90 Å². The number of allylic oxidation sites excluding steroid dienone is 1. The number of likely N-dealkylation sites (tertiary alicyclic amines) is 1. The molecule has 1 aromatic rings. The molecule has 1 aliphatic carbocycles. The molecule has 3 rings (SSSR count). The molecule has 30 heavy (non-hydrogen) atoms. The number of hydrogen-bond donors (Lipinski definition) is 4. The van der Waals surface area contributed by atoms with E-state index in [-0.39, 0.29) is 31.5 Å². The average molecular weight is 433 g/mol. The number of hydrogen-bond acceptors (Lipinski definition) is 9. The van der Waals surface area contributed by atoms with Crippen molar-refractivity contribution in [1.29, 1.82) is 5.26 Å². The number of carbonyl (C=O) groups is 1. The molecular weight excluding hydrogens is 408 g/mol. The zero-order valence-electron chi connectivity index (χ0n) is 16.5. The number of amides is 1. The van der Waals surface area contributed by atoms with Crippen molar-refractivity contribution in [3.63, 3.8) is 0 Å². The lowest BCUT2D eigenvalue weighted by molar-refractivity contribution is -0.129. The van der Waals surface area contributed by atoms with E-state index in [0.29, 0.717) is 47.4 Å². The summed E-state index contributed by atoms with van der Waals surface area (Å²) in [7, 11) is 0. The first kappa shape index (κ1) is 21.8. The highest BCUT2D eigenvalue weighted by Crippen LogP contribution is 2.39. The van der Waals surface area contributed by atoms with Gasteiger partial charge in [-0.25, -0.2) is 4.98 Å². The van der Waals surface area contributed by atoms with E-state index in [1.807, 2.05) is 6.07 Å². The summed E-state index contributed by atoms with van der Waals surface area (Å²) in [4.78, 5) is 26.4. The van der Waals surface area contributed by atoms with E-state index < -0.39 is 0 Å². The Morgan fingerprint density at radius 2 is 2.20 bits per heavy atom. The highest BCUT2D eigenvalue weighted by molar-refractivity contribution is 6.32. The van der Waals surface area contributed by atoms with Gasteiger partial charge in [-0.15, -0.1) is 0 Å². The SMILES string of the molecule is N#CCC(=O)N1CC2CC(Nc3nc(NC(C=NCCO)=CN)ncc3Cl)CC2C1. The molecule has 0 aromatic carbocycles. The fourth-order valence-electron chi connectivity index (χ4n) is 3.99. The van der Waals surface area contributed by atoms with E-state index in [2.05, 4.69) is 25.6 Å². The van der Waals surface area contributed by atoms with Crippen molar-refractivity contribution >= 4 is 35.5 Å². The maximum Gasteiger partial charge on any atom is 0.236 e. The van der Waals surface area contributed by atoms with Crippen molar-refractivity contribution < 1.29 is 9.90 Å². The smallest absolute Gasteiger partial charge is 0.236 e. The third-order valence-electron chi connectivity index (χ3n) is 5.31. The van der Waals surface area contributed by atoms with Gasteiger partial charge in [0.05, 0.1) is 31.1 Å². The molecule has 0 radical (unpaired) electrons. The molecule has 2 atom stereocenters. The lowest BCUT2D eigenvalue weighted by atomic mass is 10.0. The summed E-state index contributed by atoms with van der Waals surface area (Å²) >= 11 is 6.28. The average Bonchev–Trinajstić information content (AvgIpc) is 3.28. The van der Waals surface area contributed by atoms with E-state index in [0.717, 1.165) is 12.8 Å². The van der Waals surface area contributed by atoms with Crippen LogP contribution in [0.4, 0.5) is 11.8 Å². The highest BCUT2D eigenvalue weighted by atomic mass is 35.5. The minimum atomic E-state index is -0.0859. The van der Waals surface area contributed by atoms with Crippen LogP contribution in [0, 0.1) is 23.2 Å². The summed E-state index contributed by atoms with van der Waals surface area (Å²) in [6.07, 6.45) is 6.10. The van der Waals surface area contributed by atoms with Gasteiger partial charge >= 0.3 is 0 Å². The standard InChI is InChI=1S/C19H25ClN8O2/c20-16-9-24-19(26-15(7-22)8-23-3-4-29)27-18(16)25-14-5-12-10-28(11-13(12)6-14)17(30)1-2-21/h7-9,12-14,29H,1,3-6,10-11,22H2,(H2,24,25,26,27). The van der Waals surface area contributed by atoms with Crippen LogP contribution < -0.4 is 16.4 Å². The number of nitrogens with two attached hydrogens (primary N) is 1. The van der Waals surface area contributed by atoms with Crippen LogP contribution >= 0.6 is 11.6 Å². The highest BCUT2D eigenvalue weighted by Gasteiger charge is 2.42. The van der Waals surface area contributed by atoms with Gasteiger partial charge in [0.2, 0.25) is 11.9 Å². The predicted molar refractivity (Wildman–Crippen MR) is 114 cm³/mol. The van der Waals surface area contributed by atoms with Crippen LogP contribution in [0.15, 0.2) is 23.1 Å². The summed E-state index contributed by atoms with van der Waals surface area (Å²) in [5.74, 6) is 1.59. The third kappa shape index (κ3) is 5.37. The van der Waals surface area contributed by atoms with E-state index in [9.17, 15) is 4.79 Å². The second-order valence-corrected chi connectivity index (χ2v) is 7.77. The summed E-state index contributed by atoms with van der Waals surface area (Å²) < 4.78 is 0. The second-order valence-electron chi connectivity index (χ2n) is 7.36. The molecule has 1 saturated carbocycles. The number of aliphatic hydroxyl groups excluding tert-OH is 1. The van der Waals surface area contributed by atoms with Gasteiger partial charge in [0, 0.05) is 31.5 Å². The summed E-state index contributed by atoms with van der Waals surface area (Å²) in [5, 5.41) is 24.3. The fourth-order valence-corrected chi connectivity index (χ4v) is 4.14. The Balaban J connectivity index is 1.59. The molecule has 0 spiro atoms. The first-order valence-electron chi connectivity index (χ1n) is 9.77. The summed E-state index contributed by atoms with van der Waals surface area (Å²) in [6, 6.07) is 2.12. The van der Waals surface area contributed by atoms with Crippen LogP contribution in [0.5, 0.6) is 0 Å². The van der Waals surface area contributed by atoms with E-state index in [1.165, 1.54) is 18.6 Å². The van der Waals surface area contributed by atoms with Crippen LogP contribution in [-0.2, 0) is 4.79 Å². The largest absolute Gasteiger partial charge is 0.403 e. The van der Waals surface area contributed by atoms with Crippen molar-refractivity contribution in [1.82, 2.24) is 14.9 Å². The van der Waals surface area contributed by atoms with Crippen molar-refractivity contribution in [3.8, 4) is 6.07 Å². The minimum absolute atomic E-state index is 0.0481. The number of rotatable bonds is 8. The zero-order chi connectivity index (χ0) is 21.5. The second kappa shape index (κ2) is 10.2. The maximum absolute atomic E-state index is 11.9. The van der Waals surface area contributed by atoms with Gasteiger partial charge in [-0.3, -0.25) is 9.79 Å². The van der Waals surface area contributed by atoms with Crippen molar-refractivity contribution in [3.05, 3.63) is 23.1 Å². The zero-order valence-corrected chi connectivity index (χ0v) is 17.2. The van der Waals surface area contributed by atoms with E-state index >= 15 is 0 Å². The number of carbonyl (C=O) groups excluding carboxylic acids is 1. The first-order valence-corrected chi connectivity index (χ1v) is 10.1. The van der Waals surface area contributed by atoms with Crippen LogP contribution in [0.25, 0.3) is 0 Å². The van der Waals surface area contributed by atoms with Gasteiger partial charge in [-0.2, -0.15) is 10.2 Å². The number of aromatic nitrogens is 2. The van der Waals surface area contributed by atoms with Gasteiger partial charge in [-0.05, 0) is 24.7 Å². The van der Waals surface area contributed by atoms with Crippen molar-refractivity contribution in [2.75, 3.05) is 36.9 Å². The Kier molecular flexibility index (Phi) is 7.43. The molecule has 1 saturated heterocycles. The number of aliphatic imine (C=N–C) groups is 1. The molecule has 1 aliphatic heterocycles. The molecule has 5 N–H and O–H groups in total. The molecule has 2 fully saturated rings. The Hall–Kier alpha value is -2.90. The van der Waals surface area contributed by atoms with Crippen molar-refractivity contribution in [2.24, 2.45) is 22.6 Å². The Morgan fingerprint density at radius 3 is 2.83 bits per heavy atom.